The maximum Gasteiger partial charge on any atom is 0.228 e. The predicted octanol–water partition coefficient (Wildman–Crippen LogP) is 0.283. The van der Waals surface area contributed by atoms with Gasteiger partial charge in [0.1, 0.15) is 0 Å². The maximum atomic E-state index is 5.09. The number of nitrogens with one attached hydrogen (secondary N) is 1. The molecule has 2 rings (SSSR count). The maximum absolute atomic E-state index is 5.09. The third-order valence-corrected chi connectivity index (χ3v) is 2.58. The minimum Gasteiger partial charge on any atom is -0.481 e. The standard InChI is InChI=1S/C10H16N4O/c1-8-7-11-5-6-14(8)10-12-4-3-9(13-10)15-2/h3-4,8,11H,5-7H2,1-2H3/t8-/m1/s1. The third-order valence-electron chi connectivity index (χ3n) is 2.58. The Morgan fingerprint density at radius 3 is 3.20 bits per heavy atom. The van der Waals surface area contributed by atoms with Gasteiger partial charge in [0, 0.05) is 37.9 Å². The van der Waals surface area contributed by atoms with E-state index in [1.54, 1.807) is 19.4 Å². The monoisotopic (exact) mass is 208 g/mol. The molecule has 0 radical (unpaired) electrons. The van der Waals surface area contributed by atoms with Gasteiger partial charge in [-0.15, -0.1) is 0 Å². The van der Waals surface area contributed by atoms with Crippen LogP contribution in [0.25, 0.3) is 0 Å². The second-order valence-electron chi connectivity index (χ2n) is 3.65. The molecule has 0 spiro atoms. The van der Waals surface area contributed by atoms with E-state index in [-0.39, 0.29) is 0 Å². The minimum absolute atomic E-state index is 0.422. The van der Waals surface area contributed by atoms with Crippen LogP contribution in [0, 0.1) is 0 Å². The highest BCUT2D eigenvalue weighted by Gasteiger charge is 2.20. The molecule has 1 aliphatic heterocycles. The highest BCUT2D eigenvalue weighted by molar-refractivity contribution is 5.34. The van der Waals surface area contributed by atoms with E-state index in [0.29, 0.717) is 11.9 Å². The van der Waals surface area contributed by atoms with Crippen LogP contribution in [0.1, 0.15) is 6.92 Å². The van der Waals surface area contributed by atoms with Crippen molar-refractivity contribution in [2.24, 2.45) is 0 Å². The normalized spacial score (nSPS) is 21.5. The van der Waals surface area contributed by atoms with Gasteiger partial charge in [-0.3, -0.25) is 0 Å². The lowest BCUT2D eigenvalue weighted by Gasteiger charge is -2.33. The number of methoxy groups -OCH3 is 1. The van der Waals surface area contributed by atoms with Crippen LogP contribution in [0.5, 0.6) is 5.88 Å². The molecule has 1 aliphatic rings. The van der Waals surface area contributed by atoms with Gasteiger partial charge >= 0.3 is 0 Å². The molecule has 1 atom stereocenters. The lowest BCUT2D eigenvalue weighted by Crippen LogP contribution is -2.50. The van der Waals surface area contributed by atoms with Gasteiger partial charge in [-0.1, -0.05) is 0 Å². The fraction of sp³-hybridized carbons (Fsp3) is 0.600. The van der Waals surface area contributed by atoms with E-state index >= 15 is 0 Å². The van der Waals surface area contributed by atoms with E-state index in [9.17, 15) is 0 Å². The number of aromatic nitrogens is 2. The Bertz CT molecular complexity index is 331. The second kappa shape index (κ2) is 4.44. The Hall–Kier alpha value is -1.36. The van der Waals surface area contributed by atoms with Crippen LogP contribution in [0.15, 0.2) is 12.3 Å². The molecule has 1 saturated heterocycles. The summed E-state index contributed by atoms with van der Waals surface area (Å²) in [6.45, 7) is 5.05. The summed E-state index contributed by atoms with van der Waals surface area (Å²) in [7, 11) is 1.62. The lowest BCUT2D eigenvalue weighted by molar-refractivity contribution is 0.395. The molecule has 82 valence electrons. The zero-order chi connectivity index (χ0) is 10.7. The molecular formula is C10H16N4O. The summed E-state index contributed by atoms with van der Waals surface area (Å²) < 4.78 is 5.09. The van der Waals surface area contributed by atoms with Crippen LogP contribution in [0.3, 0.4) is 0 Å². The summed E-state index contributed by atoms with van der Waals surface area (Å²) in [4.78, 5) is 10.8. The van der Waals surface area contributed by atoms with Crippen molar-refractivity contribution in [2.45, 2.75) is 13.0 Å². The average molecular weight is 208 g/mol. The summed E-state index contributed by atoms with van der Waals surface area (Å²) in [6.07, 6.45) is 1.73. The zero-order valence-corrected chi connectivity index (χ0v) is 9.10. The first-order valence-corrected chi connectivity index (χ1v) is 5.15. The number of rotatable bonds is 2. The van der Waals surface area contributed by atoms with Crippen molar-refractivity contribution in [3.05, 3.63) is 12.3 Å². The zero-order valence-electron chi connectivity index (χ0n) is 9.10. The van der Waals surface area contributed by atoms with Gasteiger partial charge in [0.2, 0.25) is 11.8 Å². The molecule has 1 fully saturated rings. The Balaban J connectivity index is 2.19. The van der Waals surface area contributed by atoms with Gasteiger partial charge < -0.3 is 15.0 Å². The number of ether oxygens (including phenoxy) is 1. The lowest BCUT2D eigenvalue weighted by atomic mass is 10.2. The van der Waals surface area contributed by atoms with Crippen LogP contribution in [-0.2, 0) is 0 Å². The number of hydrogen-bond acceptors (Lipinski definition) is 5. The summed E-state index contributed by atoms with van der Waals surface area (Å²) in [5.74, 6) is 1.37. The SMILES string of the molecule is COc1ccnc(N2CCNC[C@H]2C)n1. The molecule has 5 nitrogen and oxygen atoms in total. The van der Waals surface area contributed by atoms with Crippen molar-refractivity contribution in [1.82, 2.24) is 15.3 Å². The summed E-state index contributed by atoms with van der Waals surface area (Å²) in [6, 6.07) is 2.18. The van der Waals surface area contributed by atoms with Crippen LogP contribution in [0.4, 0.5) is 5.95 Å². The van der Waals surface area contributed by atoms with E-state index in [1.165, 1.54) is 0 Å². The Morgan fingerprint density at radius 1 is 1.60 bits per heavy atom. The van der Waals surface area contributed by atoms with E-state index in [4.69, 9.17) is 4.74 Å². The van der Waals surface area contributed by atoms with E-state index < -0.39 is 0 Å². The average Bonchev–Trinajstić information content (AvgIpc) is 2.30. The van der Waals surface area contributed by atoms with Gasteiger partial charge in [-0.2, -0.15) is 4.98 Å². The number of piperazine rings is 1. The summed E-state index contributed by atoms with van der Waals surface area (Å²) in [5, 5.41) is 3.33. The van der Waals surface area contributed by atoms with E-state index in [1.807, 2.05) is 0 Å². The molecule has 15 heavy (non-hydrogen) atoms. The van der Waals surface area contributed by atoms with Crippen molar-refractivity contribution in [3.8, 4) is 5.88 Å². The van der Waals surface area contributed by atoms with E-state index in [0.717, 1.165) is 25.6 Å². The quantitative estimate of drug-likeness (QED) is 0.756. The topological polar surface area (TPSA) is 50.3 Å². The predicted molar refractivity (Wildman–Crippen MR) is 58.3 cm³/mol. The van der Waals surface area contributed by atoms with Crippen molar-refractivity contribution in [3.63, 3.8) is 0 Å². The van der Waals surface area contributed by atoms with Crippen molar-refractivity contribution < 1.29 is 4.74 Å². The van der Waals surface area contributed by atoms with Crippen molar-refractivity contribution in [2.75, 3.05) is 31.6 Å². The Labute approximate surface area is 89.5 Å². The van der Waals surface area contributed by atoms with Gasteiger partial charge in [0.25, 0.3) is 0 Å². The molecule has 1 aromatic heterocycles. The number of anilines is 1. The molecule has 0 amide bonds. The van der Waals surface area contributed by atoms with Gasteiger partial charge in [-0.05, 0) is 6.92 Å². The Morgan fingerprint density at radius 2 is 2.47 bits per heavy atom. The molecule has 1 N–H and O–H groups in total. The molecule has 2 heterocycles. The fourth-order valence-corrected chi connectivity index (χ4v) is 1.72. The van der Waals surface area contributed by atoms with Crippen molar-refractivity contribution >= 4 is 5.95 Å². The smallest absolute Gasteiger partial charge is 0.228 e. The second-order valence-corrected chi connectivity index (χ2v) is 3.65. The Kier molecular flexibility index (Phi) is 3.01. The number of hydrogen-bond donors (Lipinski definition) is 1. The van der Waals surface area contributed by atoms with Crippen LogP contribution < -0.4 is 15.0 Å². The largest absolute Gasteiger partial charge is 0.481 e. The minimum atomic E-state index is 0.422. The molecule has 0 aliphatic carbocycles. The first-order chi connectivity index (χ1) is 7.31. The van der Waals surface area contributed by atoms with Crippen LogP contribution in [0.2, 0.25) is 0 Å². The van der Waals surface area contributed by atoms with Gasteiger partial charge in [0.05, 0.1) is 7.11 Å². The molecule has 0 bridgehead atoms. The molecule has 0 unspecified atom stereocenters. The van der Waals surface area contributed by atoms with Crippen LogP contribution in [-0.4, -0.2) is 42.8 Å². The first-order valence-electron chi connectivity index (χ1n) is 5.15. The molecule has 0 aromatic carbocycles. The van der Waals surface area contributed by atoms with Gasteiger partial charge in [-0.25, -0.2) is 4.98 Å². The summed E-state index contributed by atoms with van der Waals surface area (Å²) >= 11 is 0. The molecular weight excluding hydrogens is 192 g/mol. The highest BCUT2D eigenvalue weighted by atomic mass is 16.5. The molecule has 1 aromatic rings. The highest BCUT2D eigenvalue weighted by Crippen LogP contribution is 2.15. The van der Waals surface area contributed by atoms with Crippen molar-refractivity contribution in [1.29, 1.82) is 0 Å². The van der Waals surface area contributed by atoms with E-state index in [2.05, 4.69) is 27.1 Å². The third kappa shape index (κ3) is 2.18. The molecule has 0 saturated carbocycles. The summed E-state index contributed by atoms with van der Waals surface area (Å²) in [5.41, 5.74) is 0. The van der Waals surface area contributed by atoms with Gasteiger partial charge in [0.15, 0.2) is 0 Å². The first kappa shape index (κ1) is 10.2. The number of nitrogens with zero attached hydrogens (tertiary/aromatic N) is 3. The fourth-order valence-electron chi connectivity index (χ4n) is 1.72. The van der Waals surface area contributed by atoms with Crippen LogP contribution >= 0.6 is 0 Å². The molecule has 5 heteroatoms.